The van der Waals surface area contributed by atoms with Gasteiger partial charge in [0, 0.05) is 37.6 Å². The van der Waals surface area contributed by atoms with E-state index >= 15 is 0 Å². The lowest BCUT2D eigenvalue weighted by atomic mass is 10.2. The Morgan fingerprint density at radius 3 is 3.08 bits per heavy atom. The van der Waals surface area contributed by atoms with Gasteiger partial charge in [0.05, 0.1) is 6.54 Å². The minimum atomic E-state index is -0.175. The fourth-order valence-corrected chi connectivity index (χ4v) is 2.59. The van der Waals surface area contributed by atoms with Gasteiger partial charge in [-0.3, -0.25) is 9.78 Å². The molecule has 3 amide bonds. The molecule has 2 N–H and O–H groups in total. The summed E-state index contributed by atoms with van der Waals surface area (Å²) in [5.74, 6) is 0.684. The van der Waals surface area contributed by atoms with Crippen LogP contribution in [0.4, 0.5) is 4.79 Å². The number of urea groups is 1. The number of para-hydroxylation sites is 1. The summed E-state index contributed by atoms with van der Waals surface area (Å²) in [6.45, 7) is 2.19. The number of hydrogen-bond donors (Lipinski definition) is 2. The first-order valence-electron chi connectivity index (χ1n) is 8.00. The summed E-state index contributed by atoms with van der Waals surface area (Å²) in [5.41, 5.74) is 0.809. The Kier molecular flexibility index (Phi) is 5.10. The zero-order chi connectivity index (χ0) is 16.8. The van der Waals surface area contributed by atoms with Crippen LogP contribution < -0.4 is 15.4 Å². The lowest BCUT2D eigenvalue weighted by Gasteiger charge is -2.20. The maximum Gasteiger partial charge on any atom is 0.317 e. The van der Waals surface area contributed by atoms with E-state index in [1.807, 2.05) is 30.3 Å². The quantitative estimate of drug-likeness (QED) is 0.825. The minimum absolute atomic E-state index is 0.0166. The van der Waals surface area contributed by atoms with Crippen LogP contribution >= 0.6 is 0 Å². The first-order chi connectivity index (χ1) is 11.7. The average Bonchev–Trinajstić information content (AvgIpc) is 2.83. The predicted molar refractivity (Wildman–Crippen MR) is 89.8 cm³/mol. The van der Waals surface area contributed by atoms with Crippen molar-refractivity contribution in [3.63, 3.8) is 0 Å². The van der Waals surface area contributed by atoms with E-state index in [0.29, 0.717) is 45.0 Å². The molecule has 0 atom stereocenters. The highest BCUT2D eigenvalue weighted by Gasteiger charge is 2.17. The molecule has 1 saturated heterocycles. The number of pyridine rings is 1. The smallest absolute Gasteiger partial charge is 0.317 e. The van der Waals surface area contributed by atoms with Crippen molar-refractivity contribution >= 4 is 22.8 Å². The molecule has 1 aromatic carbocycles. The topological polar surface area (TPSA) is 83.6 Å². The van der Waals surface area contributed by atoms with Gasteiger partial charge in [-0.25, -0.2) is 4.79 Å². The zero-order valence-corrected chi connectivity index (χ0v) is 13.3. The second-order valence-electron chi connectivity index (χ2n) is 5.50. The van der Waals surface area contributed by atoms with E-state index in [4.69, 9.17) is 4.74 Å². The number of nitrogens with one attached hydrogen (secondary N) is 2. The molecule has 0 saturated carbocycles. The summed E-state index contributed by atoms with van der Waals surface area (Å²) < 4.78 is 5.74. The molecular formula is C17H20N4O3. The first-order valence-corrected chi connectivity index (χ1v) is 8.00. The molecule has 0 radical (unpaired) electrons. The van der Waals surface area contributed by atoms with E-state index in [9.17, 15) is 9.59 Å². The normalized spacial score (nSPS) is 14.8. The Balaban J connectivity index is 1.48. The average molecular weight is 328 g/mol. The van der Waals surface area contributed by atoms with Gasteiger partial charge >= 0.3 is 6.03 Å². The minimum Gasteiger partial charge on any atom is -0.489 e. The molecule has 0 spiro atoms. The fourth-order valence-electron chi connectivity index (χ4n) is 2.59. The molecule has 2 aromatic rings. The van der Waals surface area contributed by atoms with Crippen molar-refractivity contribution in [1.82, 2.24) is 20.5 Å². The van der Waals surface area contributed by atoms with Crippen molar-refractivity contribution in [3.8, 4) is 5.75 Å². The van der Waals surface area contributed by atoms with E-state index in [2.05, 4.69) is 15.6 Å². The van der Waals surface area contributed by atoms with Crippen LogP contribution in [-0.2, 0) is 4.79 Å². The fraction of sp³-hybridized carbons (Fsp3) is 0.353. The number of benzene rings is 1. The number of aromatic nitrogens is 1. The second kappa shape index (κ2) is 7.63. The SMILES string of the molecule is O=C1CCN(C(=O)NCCOc2cccc3cccnc23)CCN1. The molecule has 126 valence electrons. The number of fused-ring (bicyclic) bond motifs is 1. The van der Waals surface area contributed by atoms with Gasteiger partial charge in [0.1, 0.15) is 17.9 Å². The second-order valence-corrected chi connectivity index (χ2v) is 5.50. The van der Waals surface area contributed by atoms with Crippen LogP contribution in [0.25, 0.3) is 10.9 Å². The number of amides is 3. The third-order valence-electron chi connectivity index (χ3n) is 3.83. The van der Waals surface area contributed by atoms with Gasteiger partial charge in [0.25, 0.3) is 0 Å². The Labute approximate surface area is 140 Å². The molecule has 1 fully saturated rings. The molecule has 7 heteroatoms. The van der Waals surface area contributed by atoms with Gasteiger partial charge in [-0.15, -0.1) is 0 Å². The van der Waals surface area contributed by atoms with E-state index in [1.54, 1.807) is 11.1 Å². The van der Waals surface area contributed by atoms with Crippen molar-refractivity contribution in [2.24, 2.45) is 0 Å². The highest BCUT2D eigenvalue weighted by atomic mass is 16.5. The lowest BCUT2D eigenvalue weighted by molar-refractivity contribution is -0.120. The molecule has 3 rings (SSSR count). The highest BCUT2D eigenvalue weighted by molar-refractivity contribution is 5.84. The largest absolute Gasteiger partial charge is 0.489 e. The third kappa shape index (κ3) is 3.92. The predicted octanol–water partition coefficient (Wildman–Crippen LogP) is 1.15. The molecule has 0 aliphatic carbocycles. The standard InChI is InChI=1S/C17H20N4O3/c22-15-6-10-21(11-8-18-15)17(23)20-9-12-24-14-5-1-3-13-4-2-7-19-16(13)14/h1-5,7H,6,8-12H2,(H,18,22)(H,20,23). The Bertz CT molecular complexity index is 729. The summed E-state index contributed by atoms with van der Waals surface area (Å²) in [4.78, 5) is 29.3. The number of hydrogen-bond acceptors (Lipinski definition) is 4. The van der Waals surface area contributed by atoms with Gasteiger partial charge in [-0.1, -0.05) is 18.2 Å². The summed E-state index contributed by atoms with van der Waals surface area (Å²) in [5, 5.41) is 6.57. The summed E-state index contributed by atoms with van der Waals surface area (Å²) >= 11 is 0. The Morgan fingerprint density at radius 2 is 2.17 bits per heavy atom. The Morgan fingerprint density at radius 1 is 1.29 bits per heavy atom. The third-order valence-corrected chi connectivity index (χ3v) is 3.83. The molecule has 0 unspecified atom stereocenters. The summed E-state index contributed by atoms with van der Waals surface area (Å²) in [7, 11) is 0. The molecule has 0 bridgehead atoms. The van der Waals surface area contributed by atoms with E-state index < -0.39 is 0 Å². The van der Waals surface area contributed by atoms with Crippen LogP contribution in [0.15, 0.2) is 36.5 Å². The molecule has 1 aromatic heterocycles. The molecule has 24 heavy (non-hydrogen) atoms. The highest BCUT2D eigenvalue weighted by Crippen LogP contribution is 2.22. The van der Waals surface area contributed by atoms with Crippen molar-refractivity contribution < 1.29 is 14.3 Å². The number of rotatable bonds is 4. The number of nitrogens with zero attached hydrogens (tertiary/aromatic N) is 2. The zero-order valence-electron chi connectivity index (χ0n) is 13.3. The van der Waals surface area contributed by atoms with Gasteiger partial charge in [-0.05, 0) is 12.1 Å². The van der Waals surface area contributed by atoms with Crippen LogP contribution in [0.2, 0.25) is 0 Å². The number of carbonyl (C=O) groups excluding carboxylic acids is 2. The number of ether oxygens (including phenoxy) is 1. The van der Waals surface area contributed by atoms with Gasteiger partial charge in [0.2, 0.25) is 5.91 Å². The molecular weight excluding hydrogens is 308 g/mol. The van der Waals surface area contributed by atoms with Crippen LogP contribution in [0.5, 0.6) is 5.75 Å². The van der Waals surface area contributed by atoms with Crippen LogP contribution in [-0.4, -0.2) is 54.6 Å². The molecule has 1 aliphatic rings. The molecule has 2 heterocycles. The maximum atomic E-state index is 12.1. The van der Waals surface area contributed by atoms with Gasteiger partial charge in [0.15, 0.2) is 0 Å². The number of carbonyl (C=O) groups is 2. The molecule has 7 nitrogen and oxygen atoms in total. The summed E-state index contributed by atoms with van der Waals surface area (Å²) in [6.07, 6.45) is 2.07. The Hall–Kier alpha value is -2.83. The van der Waals surface area contributed by atoms with Gasteiger partial charge in [-0.2, -0.15) is 0 Å². The van der Waals surface area contributed by atoms with E-state index in [1.165, 1.54) is 0 Å². The van der Waals surface area contributed by atoms with Crippen molar-refractivity contribution in [2.45, 2.75) is 6.42 Å². The van der Waals surface area contributed by atoms with Crippen molar-refractivity contribution in [3.05, 3.63) is 36.5 Å². The van der Waals surface area contributed by atoms with Gasteiger partial charge < -0.3 is 20.3 Å². The van der Waals surface area contributed by atoms with Crippen LogP contribution in [0, 0.1) is 0 Å². The molecule has 1 aliphatic heterocycles. The van der Waals surface area contributed by atoms with Crippen LogP contribution in [0.3, 0.4) is 0 Å². The van der Waals surface area contributed by atoms with E-state index in [0.717, 1.165) is 10.9 Å². The maximum absolute atomic E-state index is 12.1. The first kappa shape index (κ1) is 16.0. The summed E-state index contributed by atoms with van der Waals surface area (Å²) in [6, 6.07) is 9.44. The van der Waals surface area contributed by atoms with E-state index in [-0.39, 0.29) is 11.9 Å². The van der Waals surface area contributed by atoms with Crippen molar-refractivity contribution in [2.75, 3.05) is 32.8 Å². The van der Waals surface area contributed by atoms with Crippen LogP contribution in [0.1, 0.15) is 6.42 Å². The lowest BCUT2D eigenvalue weighted by Crippen LogP contribution is -2.43. The monoisotopic (exact) mass is 328 g/mol. The van der Waals surface area contributed by atoms with Crippen molar-refractivity contribution in [1.29, 1.82) is 0 Å².